The topological polar surface area (TPSA) is 173 Å². The van der Waals surface area contributed by atoms with Crippen LogP contribution in [0.15, 0.2) is 23.3 Å². The molecule has 0 amide bonds. The van der Waals surface area contributed by atoms with Gasteiger partial charge in [-0.15, -0.1) is 0 Å². The average Bonchev–Trinajstić information content (AvgIpc) is 3.07. The van der Waals surface area contributed by atoms with E-state index in [4.69, 9.17) is 0 Å². The van der Waals surface area contributed by atoms with Crippen molar-refractivity contribution in [3.8, 4) is 0 Å². The number of carbonyl (C=O) groups excluding carboxylic acids is 8. The van der Waals surface area contributed by atoms with E-state index in [-0.39, 0.29) is 6.42 Å². The Morgan fingerprint density at radius 2 is 1.07 bits per heavy atom. The number of rotatable bonds is 6. The lowest BCUT2D eigenvalue weighted by Gasteiger charge is -2.03. The molecule has 2 heterocycles. The van der Waals surface area contributed by atoms with Gasteiger partial charge in [-0.05, 0) is 6.42 Å². The van der Waals surface area contributed by atoms with Crippen LogP contribution in [0, 0.1) is 0 Å². The highest BCUT2D eigenvalue weighted by Gasteiger charge is 2.33. The van der Waals surface area contributed by atoms with Crippen molar-refractivity contribution in [2.75, 3.05) is 0 Å². The number of carbonyl (C=O) groups is 8. The quantitative estimate of drug-likeness (QED) is 0.222. The normalized spacial score (nSPS) is 15.6. The van der Waals surface area contributed by atoms with Crippen molar-refractivity contribution in [2.45, 2.75) is 19.3 Å². The molecule has 12 nitrogen and oxygen atoms in total. The maximum Gasteiger partial charge on any atom is 0.353 e. The Kier molecular flexibility index (Phi) is 5.70. The second-order valence-corrected chi connectivity index (χ2v) is 4.91. The molecular formula is C15H8O12. The molecule has 0 fully saturated rings. The Bertz CT molecular complexity index is 786. The van der Waals surface area contributed by atoms with Gasteiger partial charge in [0, 0.05) is 25.0 Å². The van der Waals surface area contributed by atoms with Gasteiger partial charge < -0.3 is 18.9 Å². The van der Waals surface area contributed by atoms with Crippen molar-refractivity contribution in [3.05, 3.63) is 23.3 Å². The molecule has 0 bridgehead atoms. The minimum Gasteiger partial charge on any atom is -0.389 e. The Labute approximate surface area is 148 Å². The number of cyclic esters (lactones) is 4. The molecule has 0 saturated heterocycles. The summed E-state index contributed by atoms with van der Waals surface area (Å²) in [4.78, 5) is 89.6. The number of hydrogen-bond acceptors (Lipinski definition) is 12. The standard InChI is InChI=1S/C15H8O12/c16-8(24-12(20)6-4-10(18)26-14(6)22)2-1-3-9(17)25-13(21)7-5-11(19)27-15(7)23/h4-5H,1-3H2. The van der Waals surface area contributed by atoms with Crippen molar-refractivity contribution < 1.29 is 57.3 Å². The third-order valence-electron chi connectivity index (χ3n) is 2.97. The summed E-state index contributed by atoms with van der Waals surface area (Å²) in [5, 5.41) is 0. The molecule has 0 aliphatic carbocycles. The van der Waals surface area contributed by atoms with Crippen molar-refractivity contribution in [2.24, 2.45) is 0 Å². The van der Waals surface area contributed by atoms with E-state index in [1.807, 2.05) is 0 Å². The third-order valence-corrected chi connectivity index (χ3v) is 2.97. The van der Waals surface area contributed by atoms with E-state index in [0.29, 0.717) is 12.2 Å². The highest BCUT2D eigenvalue weighted by molar-refractivity contribution is 6.25. The number of hydrogen-bond donors (Lipinski definition) is 0. The molecule has 0 radical (unpaired) electrons. The second-order valence-electron chi connectivity index (χ2n) is 4.91. The van der Waals surface area contributed by atoms with Crippen LogP contribution in [0.4, 0.5) is 0 Å². The van der Waals surface area contributed by atoms with Crippen molar-refractivity contribution in [1.82, 2.24) is 0 Å². The van der Waals surface area contributed by atoms with Crippen LogP contribution >= 0.6 is 0 Å². The molecule has 12 heteroatoms. The smallest absolute Gasteiger partial charge is 0.353 e. The predicted molar refractivity (Wildman–Crippen MR) is 74.4 cm³/mol. The van der Waals surface area contributed by atoms with E-state index in [0.717, 1.165) is 0 Å². The van der Waals surface area contributed by atoms with E-state index in [9.17, 15) is 38.4 Å². The molecule has 0 atom stereocenters. The minimum absolute atomic E-state index is 0.205. The van der Waals surface area contributed by atoms with Crippen LogP contribution in [-0.4, -0.2) is 47.8 Å². The molecule has 2 aliphatic rings. The predicted octanol–water partition coefficient (Wildman–Crippen LogP) is -1.68. The van der Waals surface area contributed by atoms with E-state index in [1.165, 1.54) is 0 Å². The summed E-state index contributed by atoms with van der Waals surface area (Å²) in [7, 11) is 0. The van der Waals surface area contributed by atoms with E-state index < -0.39 is 71.7 Å². The first kappa shape index (κ1) is 19.4. The van der Waals surface area contributed by atoms with Gasteiger partial charge in [0.1, 0.15) is 0 Å². The molecular weight excluding hydrogens is 372 g/mol. The lowest BCUT2D eigenvalue weighted by atomic mass is 10.2. The lowest BCUT2D eigenvalue weighted by molar-refractivity contribution is -0.160. The fraction of sp³-hybridized carbons (Fsp3) is 0.200. The molecule has 2 rings (SSSR count). The van der Waals surface area contributed by atoms with Gasteiger partial charge in [-0.25, -0.2) is 28.8 Å². The van der Waals surface area contributed by atoms with Gasteiger partial charge in [0.05, 0.1) is 0 Å². The van der Waals surface area contributed by atoms with Gasteiger partial charge in [0.15, 0.2) is 11.1 Å². The van der Waals surface area contributed by atoms with Crippen molar-refractivity contribution in [1.29, 1.82) is 0 Å². The third kappa shape index (κ3) is 5.01. The lowest BCUT2D eigenvalue weighted by Crippen LogP contribution is -2.19. The fourth-order valence-corrected chi connectivity index (χ4v) is 1.79. The molecule has 140 valence electrons. The first-order valence-electron chi connectivity index (χ1n) is 7.13. The van der Waals surface area contributed by atoms with E-state index >= 15 is 0 Å². The highest BCUT2D eigenvalue weighted by Crippen LogP contribution is 2.12. The van der Waals surface area contributed by atoms with Gasteiger partial charge >= 0.3 is 47.8 Å². The van der Waals surface area contributed by atoms with Crippen LogP contribution in [0.5, 0.6) is 0 Å². The average molecular weight is 380 g/mol. The zero-order valence-electron chi connectivity index (χ0n) is 13.2. The molecule has 0 aromatic carbocycles. The van der Waals surface area contributed by atoms with Gasteiger partial charge in [-0.2, -0.15) is 0 Å². The largest absolute Gasteiger partial charge is 0.389 e. The Morgan fingerprint density at radius 1 is 0.704 bits per heavy atom. The minimum atomic E-state index is -1.38. The maximum atomic E-state index is 11.5. The second kappa shape index (κ2) is 7.95. The van der Waals surface area contributed by atoms with Crippen LogP contribution < -0.4 is 0 Å². The summed E-state index contributed by atoms with van der Waals surface area (Å²) in [5.41, 5.74) is -1.49. The monoisotopic (exact) mass is 380 g/mol. The molecule has 0 unspecified atom stereocenters. The molecule has 0 saturated carbocycles. The summed E-state index contributed by atoms with van der Waals surface area (Å²) in [6.07, 6.45) is -0.00507. The van der Waals surface area contributed by atoms with E-state index in [1.54, 1.807) is 0 Å². The van der Waals surface area contributed by atoms with Crippen LogP contribution in [-0.2, 0) is 57.3 Å². The summed E-state index contributed by atoms with van der Waals surface area (Å²) in [6, 6.07) is 0. The van der Waals surface area contributed by atoms with Crippen LogP contribution in [0.25, 0.3) is 0 Å². The Hall–Kier alpha value is -3.96. The van der Waals surface area contributed by atoms with Gasteiger partial charge in [-0.1, -0.05) is 0 Å². The van der Waals surface area contributed by atoms with E-state index in [2.05, 4.69) is 18.9 Å². The van der Waals surface area contributed by atoms with Gasteiger partial charge in [0.25, 0.3) is 0 Å². The van der Waals surface area contributed by atoms with Gasteiger partial charge in [-0.3, -0.25) is 9.59 Å². The molecule has 0 N–H and O–H groups in total. The maximum absolute atomic E-state index is 11.5. The zero-order chi connectivity index (χ0) is 20.1. The molecule has 0 aromatic heterocycles. The van der Waals surface area contributed by atoms with Crippen LogP contribution in [0.3, 0.4) is 0 Å². The Balaban J connectivity index is 1.72. The zero-order valence-corrected chi connectivity index (χ0v) is 13.2. The SMILES string of the molecule is O=C1C=C(C(=O)OC(=O)CCCC(=O)OC(=O)C2=CC(=O)OC2=O)C(=O)O1. The summed E-state index contributed by atoms with van der Waals surface area (Å²) >= 11 is 0. The Morgan fingerprint density at radius 3 is 1.37 bits per heavy atom. The molecule has 27 heavy (non-hydrogen) atoms. The first-order chi connectivity index (χ1) is 12.7. The number of esters is 8. The van der Waals surface area contributed by atoms with Crippen LogP contribution in [0.1, 0.15) is 19.3 Å². The summed E-state index contributed by atoms with van der Waals surface area (Å²) in [5.74, 6) is -9.64. The molecule has 2 aliphatic heterocycles. The number of ether oxygens (including phenoxy) is 4. The first-order valence-corrected chi connectivity index (χ1v) is 7.13. The van der Waals surface area contributed by atoms with Crippen molar-refractivity contribution in [3.63, 3.8) is 0 Å². The molecule has 0 spiro atoms. The summed E-state index contributed by atoms with van der Waals surface area (Å²) in [6.45, 7) is 0. The van der Waals surface area contributed by atoms with Crippen LogP contribution in [0.2, 0.25) is 0 Å². The summed E-state index contributed by atoms with van der Waals surface area (Å²) < 4.78 is 16.7. The van der Waals surface area contributed by atoms with Crippen molar-refractivity contribution >= 4 is 47.8 Å². The highest BCUT2D eigenvalue weighted by atomic mass is 16.6. The molecule has 0 aromatic rings. The van der Waals surface area contributed by atoms with Gasteiger partial charge in [0.2, 0.25) is 0 Å². The fourth-order valence-electron chi connectivity index (χ4n) is 1.79.